The Kier molecular flexibility index (Phi) is 8.01. The molecule has 0 bridgehead atoms. The van der Waals surface area contributed by atoms with Gasteiger partial charge in [0.25, 0.3) is 0 Å². The fourth-order valence-corrected chi connectivity index (χ4v) is 4.16. The summed E-state index contributed by atoms with van der Waals surface area (Å²) in [6.07, 6.45) is 7.29. The fourth-order valence-electron chi connectivity index (χ4n) is 3.96. The first kappa shape index (κ1) is 20.5. The van der Waals surface area contributed by atoms with Crippen molar-refractivity contribution in [3.05, 3.63) is 34.9 Å². The number of amides is 1. The minimum absolute atomic E-state index is 0. The van der Waals surface area contributed by atoms with E-state index >= 15 is 0 Å². The largest absolute Gasteiger partial charge is 0.364 e. The molecular weight excluding hydrogens is 359 g/mol. The first-order chi connectivity index (χ1) is 11.7. The summed E-state index contributed by atoms with van der Waals surface area (Å²) in [6.45, 7) is 0.476. The Balaban J connectivity index is 0.00000225. The van der Waals surface area contributed by atoms with Crippen molar-refractivity contribution in [2.24, 2.45) is 11.7 Å². The van der Waals surface area contributed by atoms with Crippen LogP contribution >= 0.6 is 24.0 Å². The quantitative estimate of drug-likeness (QED) is 0.803. The highest BCUT2D eigenvalue weighted by Gasteiger charge is 2.33. The van der Waals surface area contributed by atoms with Gasteiger partial charge in [0.2, 0.25) is 5.91 Å². The zero-order valence-corrected chi connectivity index (χ0v) is 16.0. The molecule has 1 aliphatic heterocycles. The van der Waals surface area contributed by atoms with E-state index in [1.165, 1.54) is 19.3 Å². The lowest BCUT2D eigenvalue weighted by Gasteiger charge is -2.32. The third kappa shape index (κ3) is 5.33. The molecule has 2 fully saturated rings. The first-order valence-corrected chi connectivity index (χ1v) is 9.46. The van der Waals surface area contributed by atoms with E-state index in [-0.39, 0.29) is 36.6 Å². The van der Waals surface area contributed by atoms with Crippen LogP contribution in [0, 0.1) is 5.92 Å². The number of nitrogens with two attached hydrogens (primary N) is 1. The standard InChI is InChI=1S/C19H27ClN2O2.ClH/c20-15-8-4-7-14(11-15)18(13-5-2-1-3-6-13)22-19(23)17-10-9-16(12-21)24-17;/h4,7-8,11,13,16-18H,1-3,5-6,9-10,12,21H2,(H,22,23);1H/t16-,17+,18?;/m1./s1. The van der Waals surface area contributed by atoms with Crippen molar-refractivity contribution < 1.29 is 9.53 Å². The Hall–Kier alpha value is -0.810. The Bertz CT molecular complexity index is 564. The summed E-state index contributed by atoms with van der Waals surface area (Å²) in [6, 6.07) is 7.87. The third-order valence-corrected chi connectivity index (χ3v) is 5.52. The van der Waals surface area contributed by atoms with Gasteiger partial charge in [-0.1, -0.05) is 43.0 Å². The monoisotopic (exact) mass is 386 g/mol. The van der Waals surface area contributed by atoms with Crippen molar-refractivity contribution in [1.82, 2.24) is 5.32 Å². The maximum Gasteiger partial charge on any atom is 0.249 e. The van der Waals surface area contributed by atoms with E-state index in [2.05, 4.69) is 11.4 Å². The summed E-state index contributed by atoms with van der Waals surface area (Å²) in [5.74, 6) is 0.453. The summed E-state index contributed by atoms with van der Waals surface area (Å²) >= 11 is 6.18. The van der Waals surface area contributed by atoms with E-state index in [1.54, 1.807) is 0 Å². The van der Waals surface area contributed by atoms with E-state index in [4.69, 9.17) is 22.1 Å². The molecular formula is C19H28Cl2N2O2. The predicted octanol–water partition coefficient (Wildman–Crippen LogP) is 4.01. The van der Waals surface area contributed by atoms with Gasteiger partial charge in [0.05, 0.1) is 12.1 Å². The number of rotatable bonds is 5. The summed E-state index contributed by atoms with van der Waals surface area (Å²) < 4.78 is 5.76. The van der Waals surface area contributed by atoms with Gasteiger partial charge < -0.3 is 15.8 Å². The predicted molar refractivity (Wildman–Crippen MR) is 103 cm³/mol. The summed E-state index contributed by atoms with van der Waals surface area (Å²) in [7, 11) is 0. The molecule has 25 heavy (non-hydrogen) atoms. The van der Waals surface area contributed by atoms with Crippen molar-refractivity contribution >= 4 is 29.9 Å². The maximum atomic E-state index is 12.7. The molecule has 1 aromatic carbocycles. The number of benzene rings is 1. The number of halogens is 2. The minimum atomic E-state index is -0.371. The molecule has 4 nitrogen and oxygen atoms in total. The zero-order chi connectivity index (χ0) is 16.9. The Morgan fingerprint density at radius 1 is 1.24 bits per heavy atom. The SMILES string of the molecule is Cl.NC[C@H]1CC[C@@H](C(=O)NC(c2cccc(Cl)c2)C2CCCCC2)O1. The van der Waals surface area contributed by atoms with Crippen molar-refractivity contribution in [3.8, 4) is 0 Å². The van der Waals surface area contributed by atoms with Crippen LogP contribution in [-0.4, -0.2) is 24.7 Å². The van der Waals surface area contributed by atoms with Crippen LogP contribution in [0.25, 0.3) is 0 Å². The van der Waals surface area contributed by atoms with Crippen LogP contribution < -0.4 is 11.1 Å². The Morgan fingerprint density at radius 2 is 2.00 bits per heavy atom. The molecule has 1 saturated heterocycles. The normalized spacial score (nSPS) is 25.2. The number of ether oxygens (including phenoxy) is 1. The lowest BCUT2D eigenvalue weighted by Crippen LogP contribution is -2.40. The molecule has 1 aromatic rings. The lowest BCUT2D eigenvalue weighted by molar-refractivity contribution is -0.133. The van der Waals surface area contributed by atoms with Crippen molar-refractivity contribution in [3.63, 3.8) is 0 Å². The average Bonchev–Trinajstić information content (AvgIpc) is 3.09. The van der Waals surface area contributed by atoms with Gasteiger partial charge in [-0.25, -0.2) is 0 Å². The number of carbonyl (C=O) groups is 1. The van der Waals surface area contributed by atoms with Crippen LogP contribution in [0.2, 0.25) is 5.02 Å². The molecule has 1 unspecified atom stereocenters. The number of carbonyl (C=O) groups excluding carboxylic acids is 1. The van der Waals surface area contributed by atoms with Crippen molar-refractivity contribution in [2.45, 2.75) is 63.2 Å². The second kappa shape index (κ2) is 9.77. The Morgan fingerprint density at radius 3 is 2.64 bits per heavy atom. The van der Waals surface area contributed by atoms with Crippen LogP contribution in [0.5, 0.6) is 0 Å². The molecule has 1 aliphatic carbocycles. The molecule has 1 saturated carbocycles. The van der Waals surface area contributed by atoms with Crippen LogP contribution in [0.4, 0.5) is 0 Å². The second-order valence-electron chi connectivity index (χ2n) is 7.00. The first-order valence-electron chi connectivity index (χ1n) is 9.08. The topological polar surface area (TPSA) is 64.4 Å². The molecule has 6 heteroatoms. The average molecular weight is 387 g/mol. The highest BCUT2D eigenvalue weighted by Crippen LogP contribution is 2.35. The van der Waals surface area contributed by atoms with E-state index in [0.29, 0.717) is 17.5 Å². The summed E-state index contributed by atoms with van der Waals surface area (Å²) in [5.41, 5.74) is 6.74. The van der Waals surface area contributed by atoms with Gasteiger partial charge in [-0.15, -0.1) is 12.4 Å². The Labute approximate surface area is 161 Å². The van der Waals surface area contributed by atoms with E-state index in [1.807, 2.05) is 18.2 Å². The molecule has 2 aliphatic rings. The number of hydrogen-bond donors (Lipinski definition) is 2. The van der Waals surface area contributed by atoms with E-state index in [9.17, 15) is 4.79 Å². The third-order valence-electron chi connectivity index (χ3n) is 5.29. The van der Waals surface area contributed by atoms with Crippen LogP contribution in [0.3, 0.4) is 0 Å². The summed E-state index contributed by atoms with van der Waals surface area (Å²) in [4.78, 5) is 12.7. The van der Waals surface area contributed by atoms with Gasteiger partial charge in [0.1, 0.15) is 6.10 Å². The number of nitrogens with one attached hydrogen (secondary N) is 1. The molecule has 140 valence electrons. The van der Waals surface area contributed by atoms with Gasteiger partial charge in [-0.3, -0.25) is 4.79 Å². The number of hydrogen-bond acceptors (Lipinski definition) is 3. The highest BCUT2D eigenvalue weighted by molar-refractivity contribution is 6.30. The minimum Gasteiger partial charge on any atom is -0.364 e. The molecule has 1 amide bonds. The van der Waals surface area contributed by atoms with Crippen molar-refractivity contribution in [1.29, 1.82) is 0 Å². The fraction of sp³-hybridized carbons (Fsp3) is 0.632. The van der Waals surface area contributed by atoms with E-state index in [0.717, 1.165) is 31.2 Å². The zero-order valence-electron chi connectivity index (χ0n) is 14.5. The van der Waals surface area contributed by atoms with Crippen LogP contribution in [0.15, 0.2) is 24.3 Å². The molecule has 3 rings (SSSR count). The van der Waals surface area contributed by atoms with Gasteiger partial charge >= 0.3 is 0 Å². The molecule has 1 heterocycles. The lowest BCUT2D eigenvalue weighted by atomic mass is 9.81. The van der Waals surface area contributed by atoms with Gasteiger partial charge in [-0.2, -0.15) is 0 Å². The molecule has 3 atom stereocenters. The van der Waals surface area contributed by atoms with Gasteiger partial charge in [0, 0.05) is 11.6 Å². The van der Waals surface area contributed by atoms with E-state index < -0.39 is 0 Å². The van der Waals surface area contributed by atoms with Gasteiger partial charge in [0.15, 0.2) is 0 Å². The summed E-state index contributed by atoms with van der Waals surface area (Å²) in [5, 5.41) is 3.96. The van der Waals surface area contributed by atoms with Gasteiger partial charge in [-0.05, 0) is 49.3 Å². The smallest absolute Gasteiger partial charge is 0.249 e. The molecule has 0 aromatic heterocycles. The second-order valence-corrected chi connectivity index (χ2v) is 7.44. The molecule has 3 N–H and O–H groups in total. The van der Waals surface area contributed by atoms with Crippen molar-refractivity contribution in [2.75, 3.05) is 6.54 Å². The van der Waals surface area contributed by atoms with Crippen LogP contribution in [0.1, 0.15) is 56.6 Å². The molecule has 0 radical (unpaired) electrons. The maximum absolute atomic E-state index is 12.7. The van der Waals surface area contributed by atoms with Crippen LogP contribution in [-0.2, 0) is 9.53 Å². The molecule has 0 spiro atoms. The highest BCUT2D eigenvalue weighted by atomic mass is 35.5.